The van der Waals surface area contributed by atoms with Crippen LogP contribution in [0.25, 0.3) is 0 Å². The summed E-state index contributed by atoms with van der Waals surface area (Å²) in [4.78, 5) is 0. The molecule has 0 radical (unpaired) electrons. The number of fused-ring (bicyclic) bond motifs is 5. The van der Waals surface area contributed by atoms with Crippen LogP contribution in [0.1, 0.15) is 106 Å². The lowest BCUT2D eigenvalue weighted by molar-refractivity contribution is -0.0428. The zero-order valence-corrected chi connectivity index (χ0v) is 20.2. The Morgan fingerprint density at radius 3 is 2.34 bits per heavy atom. The van der Waals surface area contributed by atoms with Crippen LogP contribution in [0, 0.1) is 52.3 Å². The van der Waals surface area contributed by atoms with Crippen molar-refractivity contribution < 1.29 is 5.11 Å². The van der Waals surface area contributed by atoms with Gasteiger partial charge in [0, 0.05) is 0 Å². The highest BCUT2D eigenvalue weighted by Gasteiger charge is 2.58. The Kier molecular flexibility index (Phi) is 6.04. The summed E-state index contributed by atoms with van der Waals surface area (Å²) in [6.07, 6.45) is 15.8. The molecule has 4 rings (SSSR count). The highest BCUT2D eigenvalue weighted by atomic mass is 16.3. The molecular weight excluding hydrogens is 352 g/mol. The van der Waals surface area contributed by atoms with E-state index in [9.17, 15) is 5.11 Å². The Labute approximate surface area is 181 Å². The van der Waals surface area contributed by atoms with E-state index in [0.717, 1.165) is 54.3 Å². The average Bonchev–Trinajstić information content (AvgIpc) is 3.03. The first-order valence-corrected chi connectivity index (χ1v) is 13.0. The zero-order chi connectivity index (χ0) is 21.0. The second-order valence-electron chi connectivity index (χ2n) is 12.7. The third kappa shape index (κ3) is 3.66. The predicted molar refractivity (Wildman–Crippen MR) is 124 cm³/mol. The van der Waals surface area contributed by atoms with E-state index in [1.54, 1.807) is 0 Å². The van der Waals surface area contributed by atoms with E-state index in [0.29, 0.717) is 10.8 Å². The van der Waals surface area contributed by atoms with E-state index in [-0.39, 0.29) is 6.10 Å². The smallest absolute Gasteiger partial charge is 0.0543 e. The van der Waals surface area contributed by atoms with E-state index in [2.05, 4.69) is 47.6 Å². The van der Waals surface area contributed by atoms with Gasteiger partial charge in [-0.2, -0.15) is 0 Å². The van der Waals surface area contributed by atoms with E-state index < -0.39 is 0 Å². The third-order valence-electron chi connectivity index (χ3n) is 11.0. The molecule has 166 valence electrons. The average molecular weight is 401 g/mol. The molecule has 0 unspecified atom stereocenters. The standard InChI is InChI=1S/C28H48O/c1-18(2)19(3)7-8-20(4)24-11-12-25-23-10-9-21-17-22(29)13-15-27(21,5)26(23)14-16-28(24,25)6/h10,18-22,24-26,29H,7-9,11-17H2,1-6H3/t19-,20+,21+,22+,24-,25+,26+,27+,28+/m0/s1. The lowest BCUT2D eigenvalue weighted by Crippen LogP contribution is -2.49. The highest BCUT2D eigenvalue weighted by molar-refractivity contribution is 5.27. The first-order chi connectivity index (χ1) is 13.7. The van der Waals surface area contributed by atoms with Crippen molar-refractivity contribution >= 4 is 0 Å². The van der Waals surface area contributed by atoms with Crippen molar-refractivity contribution in [2.24, 2.45) is 52.3 Å². The van der Waals surface area contributed by atoms with Crippen LogP contribution in [-0.4, -0.2) is 11.2 Å². The summed E-state index contributed by atoms with van der Waals surface area (Å²) in [6.45, 7) is 15.1. The van der Waals surface area contributed by atoms with Crippen LogP contribution in [-0.2, 0) is 0 Å². The minimum atomic E-state index is -0.0400. The molecule has 0 spiro atoms. The van der Waals surface area contributed by atoms with Crippen LogP contribution in [0.15, 0.2) is 11.6 Å². The maximum atomic E-state index is 10.2. The van der Waals surface area contributed by atoms with Crippen molar-refractivity contribution in [3.8, 4) is 0 Å². The van der Waals surface area contributed by atoms with E-state index in [4.69, 9.17) is 0 Å². The molecule has 4 aliphatic rings. The van der Waals surface area contributed by atoms with Gasteiger partial charge in [0.15, 0.2) is 0 Å². The minimum Gasteiger partial charge on any atom is -0.393 e. The first kappa shape index (κ1) is 21.9. The lowest BCUT2D eigenvalue weighted by atomic mass is 9.47. The highest BCUT2D eigenvalue weighted by Crippen LogP contribution is 2.67. The monoisotopic (exact) mass is 400 g/mol. The number of aliphatic hydroxyl groups excluding tert-OH is 1. The normalized spacial score (nSPS) is 46.5. The van der Waals surface area contributed by atoms with Gasteiger partial charge >= 0.3 is 0 Å². The van der Waals surface area contributed by atoms with Crippen LogP contribution in [0.4, 0.5) is 0 Å². The van der Waals surface area contributed by atoms with Crippen LogP contribution in [0.2, 0.25) is 0 Å². The molecule has 3 saturated carbocycles. The summed E-state index contributed by atoms with van der Waals surface area (Å²) < 4.78 is 0. The van der Waals surface area contributed by atoms with Gasteiger partial charge in [-0.05, 0) is 104 Å². The van der Waals surface area contributed by atoms with Crippen molar-refractivity contribution in [1.29, 1.82) is 0 Å². The van der Waals surface area contributed by atoms with Crippen LogP contribution >= 0.6 is 0 Å². The van der Waals surface area contributed by atoms with Crippen molar-refractivity contribution in [3.63, 3.8) is 0 Å². The van der Waals surface area contributed by atoms with Gasteiger partial charge in [-0.1, -0.05) is 66.0 Å². The topological polar surface area (TPSA) is 20.2 Å². The van der Waals surface area contributed by atoms with Gasteiger partial charge in [0.25, 0.3) is 0 Å². The van der Waals surface area contributed by atoms with Crippen molar-refractivity contribution in [2.75, 3.05) is 0 Å². The van der Waals surface area contributed by atoms with E-state index in [1.807, 2.05) is 5.57 Å². The quantitative estimate of drug-likeness (QED) is 0.470. The summed E-state index contributed by atoms with van der Waals surface area (Å²) in [7, 11) is 0. The van der Waals surface area contributed by atoms with Gasteiger partial charge in [-0.15, -0.1) is 0 Å². The van der Waals surface area contributed by atoms with Gasteiger partial charge in [0.1, 0.15) is 0 Å². The molecule has 0 aliphatic heterocycles. The summed E-state index contributed by atoms with van der Waals surface area (Å²) in [6, 6.07) is 0. The fourth-order valence-electron chi connectivity index (χ4n) is 8.53. The SMILES string of the molecule is CC(C)[C@@H](C)CC[C@@H](C)[C@@H]1CC[C@@H]2C3=CC[C@@H]4C[C@H](O)CC[C@@]4(C)[C@@H]3CC[C@@]21C. The van der Waals surface area contributed by atoms with Gasteiger partial charge in [-0.25, -0.2) is 0 Å². The van der Waals surface area contributed by atoms with E-state index in [1.165, 1.54) is 51.4 Å². The molecule has 0 amide bonds. The summed E-state index contributed by atoms with van der Waals surface area (Å²) >= 11 is 0. The summed E-state index contributed by atoms with van der Waals surface area (Å²) in [5, 5.41) is 10.2. The number of rotatable bonds is 5. The van der Waals surface area contributed by atoms with Gasteiger partial charge in [0.2, 0.25) is 0 Å². The molecule has 0 heterocycles. The number of aliphatic hydroxyl groups is 1. The molecule has 9 atom stereocenters. The molecular formula is C28H48O. The number of hydrogen-bond acceptors (Lipinski definition) is 1. The summed E-state index contributed by atoms with van der Waals surface area (Å²) in [5.41, 5.74) is 2.88. The van der Waals surface area contributed by atoms with Crippen LogP contribution in [0.3, 0.4) is 0 Å². The molecule has 3 fully saturated rings. The molecule has 4 aliphatic carbocycles. The molecule has 0 bridgehead atoms. The molecule has 29 heavy (non-hydrogen) atoms. The maximum Gasteiger partial charge on any atom is 0.0543 e. The molecule has 1 heteroatoms. The van der Waals surface area contributed by atoms with Crippen LogP contribution < -0.4 is 0 Å². The van der Waals surface area contributed by atoms with Gasteiger partial charge < -0.3 is 5.11 Å². The zero-order valence-electron chi connectivity index (χ0n) is 20.2. The third-order valence-corrected chi connectivity index (χ3v) is 11.0. The number of hydrogen-bond donors (Lipinski definition) is 1. The Balaban J connectivity index is 1.50. The number of allylic oxidation sites excluding steroid dienone is 2. The first-order valence-electron chi connectivity index (χ1n) is 13.0. The molecule has 0 saturated heterocycles. The second-order valence-corrected chi connectivity index (χ2v) is 12.7. The van der Waals surface area contributed by atoms with Crippen molar-refractivity contribution in [1.82, 2.24) is 0 Å². The predicted octanol–water partition coefficient (Wildman–Crippen LogP) is 7.63. The van der Waals surface area contributed by atoms with Gasteiger partial charge in [-0.3, -0.25) is 0 Å². The summed E-state index contributed by atoms with van der Waals surface area (Å²) in [5.74, 6) is 5.85. The Morgan fingerprint density at radius 1 is 0.931 bits per heavy atom. The van der Waals surface area contributed by atoms with E-state index >= 15 is 0 Å². The fraction of sp³-hybridized carbons (Fsp3) is 0.929. The molecule has 0 aromatic heterocycles. The van der Waals surface area contributed by atoms with Gasteiger partial charge in [0.05, 0.1) is 6.10 Å². The van der Waals surface area contributed by atoms with Crippen LogP contribution in [0.5, 0.6) is 0 Å². The Morgan fingerprint density at radius 2 is 1.62 bits per heavy atom. The van der Waals surface area contributed by atoms with Crippen molar-refractivity contribution in [3.05, 3.63) is 11.6 Å². The lowest BCUT2D eigenvalue weighted by Gasteiger charge is -2.57. The molecule has 0 aromatic carbocycles. The Bertz CT molecular complexity index is 620. The molecule has 1 nitrogen and oxygen atoms in total. The molecule has 1 N–H and O–H groups in total. The second kappa shape index (κ2) is 7.99. The minimum absolute atomic E-state index is 0.0400. The largest absolute Gasteiger partial charge is 0.393 e. The molecule has 0 aromatic rings. The van der Waals surface area contributed by atoms with Crippen molar-refractivity contribution in [2.45, 2.75) is 112 Å². The Hall–Kier alpha value is -0.300. The fourth-order valence-corrected chi connectivity index (χ4v) is 8.53. The maximum absolute atomic E-state index is 10.2.